The molecule has 5 aliphatic rings. The maximum Gasteiger partial charge on any atom is 0.227 e. The van der Waals surface area contributed by atoms with Crippen LogP contribution in [-0.2, 0) is 11.2 Å². The third-order valence-corrected chi connectivity index (χ3v) is 8.41. The number of piperazine rings is 1. The molecule has 4 aliphatic carbocycles. The number of halogens is 2. The van der Waals surface area contributed by atoms with Crippen molar-refractivity contribution in [3.8, 4) is 0 Å². The number of hydrogen-bond donors (Lipinski definition) is 0. The molecule has 146 valence electrons. The molecule has 1 saturated heterocycles. The Balaban J connectivity index is 1.22. The number of carbonyl (C=O) groups excluding carboxylic acids is 1. The zero-order chi connectivity index (χ0) is 18.6. The van der Waals surface area contributed by atoms with Crippen LogP contribution in [0.1, 0.15) is 44.1 Å². The molecule has 0 N–H and O–H groups in total. The van der Waals surface area contributed by atoms with E-state index in [1.165, 1.54) is 38.5 Å². The Bertz CT molecular complexity index is 686. The number of benzene rings is 1. The number of amides is 1. The van der Waals surface area contributed by atoms with Crippen molar-refractivity contribution in [1.82, 2.24) is 9.80 Å². The second kappa shape index (κ2) is 6.93. The molecule has 4 saturated carbocycles. The molecule has 4 bridgehead atoms. The fourth-order valence-corrected chi connectivity index (χ4v) is 7.38. The van der Waals surface area contributed by atoms with E-state index in [1.54, 1.807) is 12.1 Å². The fraction of sp³-hybridized carbons (Fsp3) is 0.682. The highest BCUT2D eigenvalue weighted by atomic mass is 35.5. The Kier molecular flexibility index (Phi) is 4.69. The molecule has 1 heterocycles. The van der Waals surface area contributed by atoms with Gasteiger partial charge in [0, 0.05) is 41.8 Å². The maximum absolute atomic E-state index is 12.8. The zero-order valence-electron chi connectivity index (χ0n) is 15.8. The van der Waals surface area contributed by atoms with Gasteiger partial charge in [-0.15, -0.1) is 0 Å². The summed E-state index contributed by atoms with van der Waals surface area (Å²) in [6.07, 6.45) is 8.96. The van der Waals surface area contributed by atoms with Crippen molar-refractivity contribution in [3.63, 3.8) is 0 Å². The maximum atomic E-state index is 12.8. The quantitative estimate of drug-likeness (QED) is 0.728. The molecule has 5 heteroatoms. The van der Waals surface area contributed by atoms with Gasteiger partial charge in [0.25, 0.3) is 0 Å². The largest absolute Gasteiger partial charge is 0.340 e. The monoisotopic (exact) mass is 406 g/mol. The molecule has 0 unspecified atom stereocenters. The van der Waals surface area contributed by atoms with E-state index >= 15 is 0 Å². The SMILES string of the molecule is O=C(Cc1c(Cl)cccc1Cl)N1CCN(C23CC4CC(CC(C4)C2)C3)CC1. The minimum absolute atomic E-state index is 0.148. The summed E-state index contributed by atoms with van der Waals surface area (Å²) in [6.45, 7) is 3.72. The van der Waals surface area contributed by atoms with Crippen molar-refractivity contribution in [2.24, 2.45) is 17.8 Å². The highest BCUT2D eigenvalue weighted by Gasteiger charge is 2.53. The minimum Gasteiger partial charge on any atom is -0.340 e. The van der Waals surface area contributed by atoms with E-state index < -0.39 is 0 Å². The number of carbonyl (C=O) groups is 1. The van der Waals surface area contributed by atoms with Gasteiger partial charge in [-0.1, -0.05) is 29.3 Å². The van der Waals surface area contributed by atoms with Crippen molar-refractivity contribution in [3.05, 3.63) is 33.8 Å². The molecule has 6 rings (SSSR count). The van der Waals surface area contributed by atoms with Crippen molar-refractivity contribution in [2.45, 2.75) is 50.5 Å². The van der Waals surface area contributed by atoms with Crippen LogP contribution >= 0.6 is 23.2 Å². The van der Waals surface area contributed by atoms with Crippen LogP contribution in [0.4, 0.5) is 0 Å². The van der Waals surface area contributed by atoms with Crippen LogP contribution in [0.25, 0.3) is 0 Å². The molecule has 0 aromatic heterocycles. The standard InChI is InChI=1S/C22H28Cl2N2O/c23-19-2-1-3-20(24)18(19)11-21(27)25-4-6-26(7-5-25)22-12-15-8-16(13-22)10-17(9-15)14-22/h1-3,15-17H,4-14H2. The molecule has 0 spiro atoms. The summed E-state index contributed by atoms with van der Waals surface area (Å²) in [4.78, 5) is 17.6. The van der Waals surface area contributed by atoms with Crippen LogP contribution in [0.2, 0.25) is 10.0 Å². The summed E-state index contributed by atoms with van der Waals surface area (Å²) in [6, 6.07) is 5.44. The molecule has 27 heavy (non-hydrogen) atoms. The van der Waals surface area contributed by atoms with E-state index in [9.17, 15) is 4.79 Å². The average Bonchev–Trinajstić information content (AvgIpc) is 2.64. The Morgan fingerprint density at radius 3 is 1.96 bits per heavy atom. The molecular formula is C22H28Cl2N2O. The van der Waals surface area contributed by atoms with E-state index in [-0.39, 0.29) is 5.91 Å². The molecule has 0 atom stereocenters. The Morgan fingerprint density at radius 1 is 0.926 bits per heavy atom. The third-order valence-electron chi connectivity index (χ3n) is 7.70. The summed E-state index contributed by atoms with van der Waals surface area (Å²) in [5, 5.41) is 1.17. The van der Waals surface area contributed by atoms with E-state index in [1.807, 2.05) is 11.0 Å². The second-order valence-corrected chi connectivity index (χ2v) is 10.2. The lowest BCUT2D eigenvalue weighted by atomic mass is 9.52. The van der Waals surface area contributed by atoms with Crippen molar-refractivity contribution in [2.75, 3.05) is 26.2 Å². The van der Waals surface area contributed by atoms with E-state index in [0.29, 0.717) is 22.0 Å². The van der Waals surface area contributed by atoms with E-state index in [0.717, 1.165) is 49.5 Å². The molecule has 5 fully saturated rings. The summed E-state index contributed by atoms with van der Waals surface area (Å²) < 4.78 is 0. The lowest BCUT2D eigenvalue weighted by Crippen LogP contribution is -2.64. The van der Waals surface area contributed by atoms with Crippen LogP contribution in [0.5, 0.6) is 0 Å². The van der Waals surface area contributed by atoms with Crippen LogP contribution in [0, 0.1) is 17.8 Å². The van der Waals surface area contributed by atoms with Gasteiger partial charge in [0.15, 0.2) is 0 Å². The molecule has 0 radical (unpaired) electrons. The normalized spacial score (nSPS) is 35.6. The molecule has 1 amide bonds. The van der Waals surface area contributed by atoms with Gasteiger partial charge in [-0.05, 0) is 74.0 Å². The first-order valence-electron chi connectivity index (χ1n) is 10.5. The van der Waals surface area contributed by atoms with Gasteiger partial charge < -0.3 is 4.90 Å². The van der Waals surface area contributed by atoms with Crippen LogP contribution < -0.4 is 0 Å². The van der Waals surface area contributed by atoms with Gasteiger partial charge in [-0.3, -0.25) is 9.69 Å². The highest BCUT2D eigenvalue weighted by molar-refractivity contribution is 6.36. The summed E-state index contributed by atoms with van der Waals surface area (Å²) in [5.74, 6) is 3.06. The molecular weight excluding hydrogens is 379 g/mol. The number of hydrogen-bond acceptors (Lipinski definition) is 2. The predicted molar refractivity (Wildman–Crippen MR) is 109 cm³/mol. The predicted octanol–water partition coefficient (Wildman–Crippen LogP) is 4.65. The van der Waals surface area contributed by atoms with Crippen LogP contribution in [0.3, 0.4) is 0 Å². The molecule has 1 aliphatic heterocycles. The Hall–Kier alpha value is -0.770. The molecule has 3 nitrogen and oxygen atoms in total. The van der Waals surface area contributed by atoms with E-state index in [2.05, 4.69) is 4.90 Å². The lowest BCUT2D eigenvalue weighted by molar-refractivity contribution is -0.137. The van der Waals surface area contributed by atoms with E-state index in [4.69, 9.17) is 23.2 Å². The Morgan fingerprint density at radius 2 is 1.44 bits per heavy atom. The van der Waals surface area contributed by atoms with Crippen molar-refractivity contribution in [1.29, 1.82) is 0 Å². The summed E-state index contributed by atoms with van der Waals surface area (Å²) >= 11 is 12.5. The first-order valence-corrected chi connectivity index (χ1v) is 11.2. The smallest absolute Gasteiger partial charge is 0.227 e. The van der Waals surface area contributed by atoms with Crippen molar-refractivity contribution >= 4 is 29.1 Å². The average molecular weight is 407 g/mol. The highest BCUT2D eigenvalue weighted by Crippen LogP contribution is 2.57. The van der Waals surface area contributed by atoms with Gasteiger partial charge >= 0.3 is 0 Å². The summed E-state index contributed by atoms with van der Waals surface area (Å²) in [7, 11) is 0. The molecule has 1 aromatic rings. The topological polar surface area (TPSA) is 23.6 Å². The lowest BCUT2D eigenvalue weighted by Gasteiger charge is -2.61. The second-order valence-electron chi connectivity index (χ2n) is 9.39. The van der Waals surface area contributed by atoms with Crippen LogP contribution in [-0.4, -0.2) is 47.4 Å². The molecule has 1 aromatic carbocycles. The van der Waals surface area contributed by atoms with Crippen molar-refractivity contribution < 1.29 is 4.79 Å². The van der Waals surface area contributed by atoms with Gasteiger partial charge in [0.1, 0.15) is 0 Å². The van der Waals surface area contributed by atoms with Gasteiger partial charge in [0.05, 0.1) is 6.42 Å². The third kappa shape index (κ3) is 3.30. The van der Waals surface area contributed by atoms with Crippen LogP contribution in [0.15, 0.2) is 18.2 Å². The fourth-order valence-electron chi connectivity index (χ4n) is 6.85. The van der Waals surface area contributed by atoms with Gasteiger partial charge in [-0.2, -0.15) is 0 Å². The number of rotatable bonds is 3. The first-order chi connectivity index (χ1) is 13.0. The first kappa shape index (κ1) is 18.3. The zero-order valence-corrected chi connectivity index (χ0v) is 17.3. The summed E-state index contributed by atoms with van der Waals surface area (Å²) in [5.41, 5.74) is 1.21. The number of nitrogens with zero attached hydrogens (tertiary/aromatic N) is 2. The van der Waals surface area contributed by atoms with Gasteiger partial charge in [0.2, 0.25) is 5.91 Å². The van der Waals surface area contributed by atoms with Gasteiger partial charge in [-0.25, -0.2) is 0 Å². The Labute approximate surface area is 172 Å². The minimum atomic E-state index is 0.148.